The minimum absolute atomic E-state index is 0. The molecule has 0 aliphatic carbocycles. The van der Waals surface area contributed by atoms with Crippen LogP contribution in [0.2, 0.25) is 0 Å². The molecule has 0 amide bonds. The molecular weight excluding hydrogens is 271 g/mol. The van der Waals surface area contributed by atoms with Crippen molar-refractivity contribution >= 4 is 20.9 Å². The average molecular weight is 278 g/mol. The van der Waals surface area contributed by atoms with Crippen molar-refractivity contribution in [2.24, 2.45) is 0 Å². The van der Waals surface area contributed by atoms with Gasteiger partial charge in [-0.25, -0.2) is 8.42 Å². The number of hydrogen-bond donors (Lipinski definition) is 2. The fraction of sp³-hybridized carbons (Fsp3) is 0. The van der Waals surface area contributed by atoms with E-state index in [0.717, 1.165) is 12.1 Å². The third-order valence-electron chi connectivity index (χ3n) is 2.23. The molecule has 84 valence electrons. The van der Waals surface area contributed by atoms with Gasteiger partial charge in [-0.15, -0.1) is 0 Å². The first kappa shape index (κ1) is 14.9. The second-order valence-corrected chi connectivity index (χ2v) is 4.65. The first-order chi connectivity index (χ1) is 7.39. The SMILES string of the molecule is O=S(=O)([O-])c1ccc2c(O)c(O)ccc2c1.[K+]. The van der Waals surface area contributed by atoms with Gasteiger partial charge in [0.15, 0.2) is 11.5 Å². The minimum atomic E-state index is -4.51. The summed E-state index contributed by atoms with van der Waals surface area (Å²) in [4.78, 5) is -0.370. The molecule has 0 saturated heterocycles. The maximum Gasteiger partial charge on any atom is 1.00 e. The molecule has 2 rings (SSSR count). The number of aromatic hydroxyl groups is 2. The van der Waals surface area contributed by atoms with Crippen molar-refractivity contribution in [3.05, 3.63) is 30.3 Å². The number of rotatable bonds is 1. The van der Waals surface area contributed by atoms with Crippen LogP contribution in [0.3, 0.4) is 0 Å². The zero-order valence-electron chi connectivity index (χ0n) is 8.91. The smallest absolute Gasteiger partial charge is 0.744 e. The summed E-state index contributed by atoms with van der Waals surface area (Å²) in [6.45, 7) is 0. The zero-order valence-corrected chi connectivity index (χ0v) is 12.9. The number of phenols is 2. The normalized spacial score (nSPS) is 11.1. The van der Waals surface area contributed by atoms with Gasteiger partial charge in [0.2, 0.25) is 0 Å². The van der Waals surface area contributed by atoms with Crippen molar-refractivity contribution < 1.29 is 74.6 Å². The summed E-state index contributed by atoms with van der Waals surface area (Å²) in [7, 11) is -4.51. The third kappa shape index (κ3) is 3.00. The number of hydrogen-bond acceptors (Lipinski definition) is 5. The molecule has 0 aliphatic rings. The Labute approximate surface area is 140 Å². The molecule has 0 bridgehead atoms. The van der Waals surface area contributed by atoms with Crippen LogP contribution in [-0.4, -0.2) is 23.2 Å². The van der Waals surface area contributed by atoms with Gasteiger partial charge < -0.3 is 14.8 Å². The summed E-state index contributed by atoms with van der Waals surface area (Å²) >= 11 is 0. The van der Waals surface area contributed by atoms with Crippen molar-refractivity contribution in [1.29, 1.82) is 0 Å². The summed E-state index contributed by atoms with van der Waals surface area (Å²) in [6, 6.07) is 6.15. The van der Waals surface area contributed by atoms with E-state index in [-0.39, 0.29) is 73.2 Å². The molecule has 0 aliphatic heterocycles. The molecular formula is C10H7KO5S. The summed E-state index contributed by atoms with van der Waals surface area (Å²) < 4.78 is 32.3. The molecule has 17 heavy (non-hydrogen) atoms. The topological polar surface area (TPSA) is 97.7 Å². The Hall–Kier alpha value is -0.154. The minimum Gasteiger partial charge on any atom is -0.744 e. The second-order valence-electron chi connectivity index (χ2n) is 3.27. The summed E-state index contributed by atoms with van der Waals surface area (Å²) in [5, 5.41) is 19.3. The molecule has 0 radical (unpaired) electrons. The van der Waals surface area contributed by atoms with Crippen LogP contribution in [0.15, 0.2) is 35.2 Å². The van der Waals surface area contributed by atoms with Gasteiger partial charge >= 0.3 is 51.4 Å². The first-order valence-electron chi connectivity index (χ1n) is 4.30. The Morgan fingerprint density at radius 3 is 2.29 bits per heavy atom. The van der Waals surface area contributed by atoms with E-state index in [0.29, 0.717) is 5.39 Å². The molecule has 2 aromatic rings. The molecule has 0 fully saturated rings. The summed E-state index contributed by atoms with van der Waals surface area (Å²) in [5.41, 5.74) is 0. The monoisotopic (exact) mass is 278 g/mol. The maximum atomic E-state index is 10.8. The fourth-order valence-electron chi connectivity index (χ4n) is 1.44. The van der Waals surface area contributed by atoms with Gasteiger partial charge in [0.1, 0.15) is 10.1 Å². The zero-order chi connectivity index (χ0) is 11.9. The van der Waals surface area contributed by atoms with E-state index >= 15 is 0 Å². The predicted octanol–water partition coefficient (Wildman–Crippen LogP) is -1.84. The van der Waals surface area contributed by atoms with Gasteiger partial charge in [-0.2, -0.15) is 0 Å². The average Bonchev–Trinajstić information content (AvgIpc) is 2.22. The van der Waals surface area contributed by atoms with E-state index in [1.165, 1.54) is 18.2 Å². The van der Waals surface area contributed by atoms with Crippen LogP contribution in [0.25, 0.3) is 10.8 Å². The van der Waals surface area contributed by atoms with Crippen LogP contribution < -0.4 is 51.4 Å². The Morgan fingerprint density at radius 1 is 1.06 bits per heavy atom. The van der Waals surface area contributed by atoms with Crippen LogP contribution in [0, 0.1) is 0 Å². The molecule has 7 heteroatoms. The summed E-state index contributed by atoms with van der Waals surface area (Å²) in [5.74, 6) is -0.641. The van der Waals surface area contributed by atoms with E-state index in [2.05, 4.69) is 0 Å². The second kappa shape index (κ2) is 5.23. The molecule has 0 heterocycles. The Balaban J connectivity index is 0.00000144. The Bertz CT molecular complexity index is 666. The van der Waals surface area contributed by atoms with Crippen molar-refractivity contribution in [2.75, 3.05) is 0 Å². The van der Waals surface area contributed by atoms with E-state index < -0.39 is 10.1 Å². The van der Waals surface area contributed by atoms with Crippen LogP contribution >= 0.6 is 0 Å². The van der Waals surface area contributed by atoms with Crippen LogP contribution in [0.5, 0.6) is 11.5 Å². The summed E-state index contributed by atoms with van der Waals surface area (Å²) in [6.07, 6.45) is 0. The van der Waals surface area contributed by atoms with E-state index in [4.69, 9.17) is 0 Å². The van der Waals surface area contributed by atoms with Gasteiger partial charge in [0.25, 0.3) is 0 Å². The quantitative estimate of drug-likeness (QED) is 0.363. The molecule has 2 N–H and O–H groups in total. The third-order valence-corrected chi connectivity index (χ3v) is 3.06. The van der Waals surface area contributed by atoms with Crippen LogP contribution in [0.4, 0.5) is 0 Å². The van der Waals surface area contributed by atoms with E-state index in [1.54, 1.807) is 0 Å². The van der Waals surface area contributed by atoms with Gasteiger partial charge in [0, 0.05) is 5.39 Å². The van der Waals surface area contributed by atoms with Gasteiger partial charge in [-0.3, -0.25) is 0 Å². The van der Waals surface area contributed by atoms with Crippen LogP contribution in [0.1, 0.15) is 0 Å². The molecule has 0 atom stereocenters. The molecule has 0 unspecified atom stereocenters. The first-order valence-corrected chi connectivity index (χ1v) is 5.71. The number of phenolic OH excluding ortho intramolecular Hbond substituents is 2. The predicted molar refractivity (Wildman–Crippen MR) is 55.2 cm³/mol. The molecule has 0 aromatic heterocycles. The van der Waals surface area contributed by atoms with Crippen molar-refractivity contribution in [3.63, 3.8) is 0 Å². The number of fused-ring (bicyclic) bond motifs is 1. The number of benzene rings is 2. The van der Waals surface area contributed by atoms with Crippen molar-refractivity contribution in [1.82, 2.24) is 0 Å². The molecule has 0 saturated carbocycles. The molecule has 2 aromatic carbocycles. The van der Waals surface area contributed by atoms with Gasteiger partial charge in [-0.05, 0) is 29.7 Å². The molecule has 5 nitrogen and oxygen atoms in total. The fourth-order valence-corrected chi connectivity index (χ4v) is 1.94. The van der Waals surface area contributed by atoms with E-state index in [1.807, 2.05) is 0 Å². The van der Waals surface area contributed by atoms with Gasteiger partial charge in [-0.1, -0.05) is 6.07 Å². The Morgan fingerprint density at radius 2 is 1.71 bits per heavy atom. The van der Waals surface area contributed by atoms with Crippen LogP contribution in [-0.2, 0) is 10.1 Å². The van der Waals surface area contributed by atoms with Crippen molar-refractivity contribution in [2.45, 2.75) is 4.90 Å². The van der Waals surface area contributed by atoms with E-state index in [9.17, 15) is 23.2 Å². The molecule has 0 spiro atoms. The van der Waals surface area contributed by atoms with Gasteiger partial charge in [0.05, 0.1) is 4.90 Å². The van der Waals surface area contributed by atoms with Crippen molar-refractivity contribution in [3.8, 4) is 11.5 Å². The maximum absolute atomic E-state index is 10.8. The Kier molecular flexibility index (Phi) is 4.58. The standard InChI is InChI=1S/C10H8O5S.K/c11-9-4-1-6-5-7(16(13,14)15)2-3-8(6)10(9)12;/h1-5,11-12H,(H,13,14,15);/q;+1/p-1. The largest absolute Gasteiger partial charge is 1.00 e.